The largest absolute Gasteiger partial charge is 0.477 e. The van der Waals surface area contributed by atoms with Crippen molar-refractivity contribution in [1.82, 2.24) is 30.1 Å². The molecule has 1 atom stereocenters. The van der Waals surface area contributed by atoms with Crippen molar-refractivity contribution in [2.75, 3.05) is 18.0 Å². The normalized spacial score (nSPS) is 18.0. The SMILES string of the molecule is Cc1nnnn1CC(=O)NC1CCN(c2c(F)cc3c(=O)c(C(=O)O)cn(C4CC4)c3c2Cl)C1. The fourth-order valence-electron chi connectivity index (χ4n) is 4.40. The molecule has 2 fully saturated rings. The van der Waals surface area contributed by atoms with Gasteiger partial charge < -0.3 is 19.9 Å². The third-order valence-electron chi connectivity index (χ3n) is 6.23. The fourth-order valence-corrected chi connectivity index (χ4v) is 4.81. The third-order valence-corrected chi connectivity index (χ3v) is 6.59. The van der Waals surface area contributed by atoms with Gasteiger partial charge in [0.2, 0.25) is 11.3 Å². The molecule has 1 saturated carbocycles. The topological polar surface area (TPSA) is 135 Å². The number of tetrazole rings is 1. The van der Waals surface area contributed by atoms with Crippen molar-refractivity contribution in [3.63, 3.8) is 0 Å². The average molecular weight is 490 g/mol. The molecule has 0 spiro atoms. The van der Waals surface area contributed by atoms with Crippen LogP contribution in [0.4, 0.5) is 10.1 Å². The van der Waals surface area contributed by atoms with Gasteiger partial charge in [0.25, 0.3) is 0 Å². The van der Waals surface area contributed by atoms with Crippen LogP contribution in [-0.4, -0.2) is 60.9 Å². The molecule has 11 nitrogen and oxygen atoms in total. The molecule has 2 aromatic heterocycles. The zero-order valence-electron chi connectivity index (χ0n) is 18.2. The van der Waals surface area contributed by atoms with Crippen molar-refractivity contribution in [2.45, 2.75) is 44.8 Å². The quantitative estimate of drug-likeness (QED) is 0.532. The Morgan fingerprint density at radius 2 is 2.09 bits per heavy atom. The minimum Gasteiger partial charge on any atom is -0.477 e. The molecule has 3 aromatic rings. The molecule has 2 N–H and O–H groups in total. The van der Waals surface area contributed by atoms with E-state index in [9.17, 15) is 19.5 Å². The molecule has 5 rings (SSSR count). The highest BCUT2D eigenvalue weighted by atomic mass is 35.5. The number of aromatic carboxylic acids is 1. The van der Waals surface area contributed by atoms with Crippen LogP contribution in [0.5, 0.6) is 0 Å². The lowest BCUT2D eigenvalue weighted by atomic mass is 10.1. The second kappa shape index (κ2) is 8.35. The lowest BCUT2D eigenvalue weighted by Gasteiger charge is -2.23. The summed E-state index contributed by atoms with van der Waals surface area (Å²) < 4.78 is 18.3. The van der Waals surface area contributed by atoms with Crippen LogP contribution >= 0.6 is 11.6 Å². The van der Waals surface area contributed by atoms with Gasteiger partial charge >= 0.3 is 5.97 Å². The summed E-state index contributed by atoms with van der Waals surface area (Å²) in [7, 11) is 0. The Hall–Kier alpha value is -3.54. The van der Waals surface area contributed by atoms with Gasteiger partial charge in [0.05, 0.1) is 21.6 Å². The van der Waals surface area contributed by atoms with Crippen LogP contribution in [-0.2, 0) is 11.3 Å². The van der Waals surface area contributed by atoms with Crippen molar-refractivity contribution >= 4 is 40.1 Å². The van der Waals surface area contributed by atoms with Gasteiger partial charge in [-0.15, -0.1) is 5.10 Å². The number of anilines is 1. The van der Waals surface area contributed by atoms with Crippen LogP contribution < -0.4 is 15.6 Å². The van der Waals surface area contributed by atoms with Crippen molar-refractivity contribution < 1.29 is 19.1 Å². The van der Waals surface area contributed by atoms with E-state index in [4.69, 9.17) is 11.6 Å². The van der Waals surface area contributed by atoms with Gasteiger partial charge in [-0.3, -0.25) is 9.59 Å². The Kier molecular flexibility index (Phi) is 5.47. The highest BCUT2D eigenvalue weighted by Crippen LogP contribution is 2.42. The number of carbonyl (C=O) groups excluding carboxylic acids is 1. The fraction of sp³-hybridized carbons (Fsp3) is 0.429. The van der Waals surface area contributed by atoms with E-state index in [1.807, 2.05) is 0 Å². The molecule has 1 aliphatic carbocycles. The number of amides is 1. The van der Waals surface area contributed by atoms with Gasteiger partial charge in [-0.25, -0.2) is 13.9 Å². The van der Waals surface area contributed by atoms with Gasteiger partial charge in [-0.1, -0.05) is 11.6 Å². The minimum absolute atomic E-state index is 0.0114. The highest BCUT2D eigenvalue weighted by molar-refractivity contribution is 6.38. The number of carboxylic acid groups (broad SMARTS) is 1. The van der Waals surface area contributed by atoms with E-state index in [0.29, 0.717) is 30.9 Å². The van der Waals surface area contributed by atoms with Gasteiger partial charge in [0.15, 0.2) is 0 Å². The molecule has 2 aliphatic rings. The lowest BCUT2D eigenvalue weighted by molar-refractivity contribution is -0.122. The van der Waals surface area contributed by atoms with E-state index in [-0.39, 0.29) is 40.6 Å². The van der Waals surface area contributed by atoms with Crippen molar-refractivity contribution in [2.24, 2.45) is 0 Å². The number of aromatic nitrogens is 5. The van der Waals surface area contributed by atoms with Gasteiger partial charge in [0.1, 0.15) is 23.7 Å². The smallest absolute Gasteiger partial charge is 0.341 e. The summed E-state index contributed by atoms with van der Waals surface area (Å²) >= 11 is 6.67. The average Bonchev–Trinajstić information content (AvgIpc) is 3.40. The molecule has 13 heteroatoms. The summed E-state index contributed by atoms with van der Waals surface area (Å²) in [6.45, 7) is 2.43. The number of pyridine rings is 1. The summed E-state index contributed by atoms with van der Waals surface area (Å²) in [5.74, 6) is -1.83. The molecule has 3 heterocycles. The number of aryl methyl sites for hydroxylation is 1. The lowest BCUT2D eigenvalue weighted by Crippen LogP contribution is -2.39. The number of hydrogen-bond acceptors (Lipinski definition) is 7. The molecule has 34 heavy (non-hydrogen) atoms. The van der Waals surface area contributed by atoms with Crippen molar-refractivity contribution in [3.05, 3.63) is 44.7 Å². The zero-order valence-corrected chi connectivity index (χ0v) is 18.9. The van der Waals surface area contributed by atoms with E-state index < -0.39 is 22.8 Å². The molecular formula is C21H21ClFN7O4. The molecule has 1 aliphatic heterocycles. The van der Waals surface area contributed by atoms with Gasteiger partial charge in [-0.05, 0) is 42.7 Å². The summed E-state index contributed by atoms with van der Waals surface area (Å²) in [6, 6.07) is 0.837. The first-order valence-corrected chi connectivity index (χ1v) is 11.2. The Labute approximate surface area is 197 Å². The highest BCUT2D eigenvalue weighted by Gasteiger charge is 2.32. The monoisotopic (exact) mass is 489 g/mol. The molecule has 1 unspecified atom stereocenters. The molecular weight excluding hydrogens is 469 g/mol. The van der Waals surface area contributed by atoms with Crippen LogP contribution in [0, 0.1) is 12.7 Å². The summed E-state index contributed by atoms with van der Waals surface area (Å²) in [5, 5.41) is 23.3. The standard InChI is InChI=1S/C21H21ClFN7O4/c1-10-25-26-27-30(10)9-16(31)24-11-4-5-28(7-11)19-15(23)6-13-18(17(19)22)29(12-2-3-12)8-14(20(13)32)21(33)34/h6,8,11-12H,2-5,7,9H2,1H3,(H,24,31)(H,33,34). The summed E-state index contributed by atoms with van der Waals surface area (Å²) in [5.41, 5.74) is -0.711. The minimum atomic E-state index is -1.36. The number of hydrogen-bond donors (Lipinski definition) is 2. The maximum atomic E-state index is 15.2. The Bertz CT molecular complexity index is 1380. The Balaban J connectivity index is 1.44. The molecule has 0 radical (unpaired) electrons. The summed E-state index contributed by atoms with van der Waals surface area (Å²) in [4.78, 5) is 38.4. The molecule has 1 saturated heterocycles. The van der Waals surface area contributed by atoms with Crippen LogP contribution in [0.2, 0.25) is 5.02 Å². The van der Waals surface area contributed by atoms with Gasteiger partial charge in [0, 0.05) is 31.4 Å². The first-order chi connectivity index (χ1) is 16.2. The van der Waals surface area contributed by atoms with Gasteiger partial charge in [-0.2, -0.15) is 0 Å². The Morgan fingerprint density at radius 3 is 2.74 bits per heavy atom. The number of nitrogens with zero attached hydrogens (tertiary/aromatic N) is 6. The number of nitrogens with one attached hydrogen (secondary N) is 1. The van der Waals surface area contributed by atoms with E-state index >= 15 is 4.39 Å². The molecule has 1 aromatic carbocycles. The number of carboxylic acids is 1. The number of carbonyl (C=O) groups is 2. The van der Waals surface area contributed by atoms with Crippen LogP contribution in [0.3, 0.4) is 0 Å². The first kappa shape index (κ1) is 22.3. The second-order valence-corrected chi connectivity index (χ2v) is 8.99. The number of halogens is 2. The molecule has 1 amide bonds. The maximum Gasteiger partial charge on any atom is 0.341 e. The first-order valence-electron chi connectivity index (χ1n) is 10.8. The van der Waals surface area contributed by atoms with Crippen molar-refractivity contribution in [3.8, 4) is 0 Å². The van der Waals surface area contributed by atoms with E-state index in [1.54, 1.807) is 16.4 Å². The maximum absolute atomic E-state index is 15.2. The summed E-state index contributed by atoms with van der Waals surface area (Å²) in [6.07, 6.45) is 3.51. The zero-order chi connectivity index (χ0) is 24.1. The number of benzene rings is 1. The molecule has 178 valence electrons. The van der Waals surface area contributed by atoms with E-state index in [1.165, 1.54) is 10.9 Å². The van der Waals surface area contributed by atoms with Crippen LogP contribution in [0.1, 0.15) is 41.5 Å². The predicted octanol–water partition coefficient (Wildman–Crippen LogP) is 1.52. The van der Waals surface area contributed by atoms with Crippen LogP contribution in [0.15, 0.2) is 17.1 Å². The van der Waals surface area contributed by atoms with Crippen LogP contribution in [0.25, 0.3) is 10.9 Å². The number of rotatable bonds is 6. The third kappa shape index (κ3) is 3.87. The second-order valence-electron chi connectivity index (χ2n) is 8.62. The van der Waals surface area contributed by atoms with E-state index in [0.717, 1.165) is 18.9 Å². The number of fused-ring (bicyclic) bond motifs is 1. The Morgan fingerprint density at radius 1 is 1.32 bits per heavy atom. The predicted molar refractivity (Wildman–Crippen MR) is 120 cm³/mol. The van der Waals surface area contributed by atoms with Crippen molar-refractivity contribution in [1.29, 1.82) is 0 Å². The van der Waals surface area contributed by atoms with E-state index in [2.05, 4.69) is 20.8 Å². The molecule has 0 bridgehead atoms.